The van der Waals surface area contributed by atoms with Gasteiger partial charge in [0.1, 0.15) is 0 Å². The van der Waals surface area contributed by atoms with Gasteiger partial charge in [0.15, 0.2) is 16.9 Å². The number of halogens is 1. The maximum atomic E-state index is 13.3. The number of thioether (sulfide) groups is 1. The molecule has 0 bridgehead atoms. The summed E-state index contributed by atoms with van der Waals surface area (Å²) in [7, 11) is 4.76. The molecule has 1 aliphatic rings. The Balaban J connectivity index is 1.90. The molecule has 4 rings (SSSR count). The van der Waals surface area contributed by atoms with Gasteiger partial charge in [-0.25, -0.2) is 0 Å². The van der Waals surface area contributed by atoms with E-state index in [0.29, 0.717) is 40.5 Å². The van der Waals surface area contributed by atoms with Crippen LogP contribution in [0.3, 0.4) is 0 Å². The van der Waals surface area contributed by atoms with Crippen LogP contribution in [0.5, 0.6) is 17.2 Å². The molecule has 6 nitrogen and oxygen atoms in total. The number of amides is 1. The molecule has 1 amide bonds. The predicted octanol–water partition coefficient (Wildman–Crippen LogP) is 5.81. The van der Waals surface area contributed by atoms with Gasteiger partial charge in [0.2, 0.25) is 5.75 Å². The summed E-state index contributed by atoms with van der Waals surface area (Å²) in [6.07, 6.45) is 3.13. The van der Waals surface area contributed by atoms with Crippen molar-refractivity contribution >= 4 is 40.3 Å². The summed E-state index contributed by atoms with van der Waals surface area (Å²) in [6, 6.07) is 14.6. The molecule has 0 radical (unpaired) electrons. The van der Waals surface area contributed by atoms with Crippen LogP contribution in [-0.2, 0) is 10.8 Å². The average molecular weight is 618 g/mol. The van der Waals surface area contributed by atoms with Crippen molar-refractivity contribution in [3.05, 3.63) is 81.0 Å². The number of hydrogen-bond donors (Lipinski definition) is 1. The highest BCUT2D eigenvalue weighted by atomic mass is 127. The van der Waals surface area contributed by atoms with Gasteiger partial charge in [-0.2, -0.15) is 0 Å². The van der Waals surface area contributed by atoms with E-state index in [1.807, 2.05) is 48.7 Å². The minimum absolute atomic E-state index is 0.0858. The van der Waals surface area contributed by atoms with Crippen molar-refractivity contribution in [2.24, 2.45) is 0 Å². The summed E-state index contributed by atoms with van der Waals surface area (Å²) in [4.78, 5) is 27.0. The molecule has 0 saturated heterocycles. The van der Waals surface area contributed by atoms with Gasteiger partial charge >= 0.3 is 0 Å². The molecule has 0 unspecified atom stereocenters. The lowest BCUT2D eigenvalue weighted by molar-refractivity contribution is 0.0935. The van der Waals surface area contributed by atoms with Crippen LogP contribution in [0, 0.1) is 0 Å². The molecule has 0 aliphatic heterocycles. The molecule has 0 heterocycles. The average Bonchev–Trinajstić information content (AvgIpc) is 3.15. The van der Waals surface area contributed by atoms with E-state index >= 15 is 0 Å². The van der Waals surface area contributed by atoms with E-state index < -0.39 is 0 Å². The fraction of sp³-hybridized carbons (Fsp3) is 0.286. The van der Waals surface area contributed by atoms with E-state index in [2.05, 4.69) is 27.9 Å². The van der Waals surface area contributed by atoms with E-state index in [4.69, 9.17) is 14.2 Å². The van der Waals surface area contributed by atoms with Crippen molar-refractivity contribution in [3.8, 4) is 28.4 Å². The molecule has 3 aromatic rings. The number of aryl methyl sites for hydroxylation is 1. The fourth-order valence-corrected chi connectivity index (χ4v) is 5.58. The van der Waals surface area contributed by atoms with Gasteiger partial charge in [-0.3, -0.25) is 9.59 Å². The van der Waals surface area contributed by atoms with Crippen molar-refractivity contribution in [2.45, 2.75) is 28.2 Å². The van der Waals surface area contributed by atoms with Gasteiger partial charge in [0.05, 0.1) is 32.3 Å². The van der Waals surface area contributed by atoms with Crippen molar-refractivity contribution in [1.29, 1.82) is 0 Å². The van der Waals surface area contributed by atoms with Crippen LogP contribution < -0.4 is 25.0 Å². The van der Waals surface area contributed by atoms with Crippen LogP contribution in [0.4, 0.5) is 0 Å². The molecule has 0 saturated carbocycles. The summed E-state index contributed by atoms with van der Waals surface area (Å²) >= 11 is 3.69. The molecule has 188 valence electrons. The van der Waals surface area contributed by atoms with Crippen molar-refractivity contribution in [2.75, 3.05) is 27.6 Å². The van der Waals surface area contributed by atoms with Crippen molar-refractivity contribution in [1.82, 2.24) is 5.32 Å². The summed E-state index contributed by atoms with van der Waals surface area (Å²) in [6.45, 7) is 0. The van der Waals surface area contributed by atoms with Gasteiger partial charge in [0.25, 0.3) is 5.91 Å². The third-order valence-corrected chi connectivity index (χ3v) is 8.05. The Labute approximate surface area is 228 Å². The molecule has 1 atom stereocenters. The van der Waals surface area contributed by atoms with Gasteiger partial charge in [-0.15, -0.1) is 11.8 Å². The Kier molecular flexibility index (Phi) is 8.46. The molecule has 0 spiro atoms. The van der Waals surface area contributed by atoms with E-state index in [-0.39, 0.29) is 17.4 Å². The van der Waals surface area contributed by atoms with E-state index in [1.165, 1.54) is 11.8 Å². The zero-order valence-electron chi connectivity index (χ0n) is 20.6. The van der Waals surface area contributed by atoms with E-state index in [0.717, 1.165) is 32.2 Å². The number of ether oxygens (including phenoxy) is 3. The van der Waals surface area contributed by atoms with E-state index in [1.54, 1.807) is 27.4 Å². The lowest BCUT2D eigenvalue weighted by Gasteiger charge is -2.20. The van der Waals surface area contributed by atoms with Crippen LogP contribution in [-0.4, -0.2) is 33.5 Å². The van der Waals surface area contributed by atoms with Crippen LogP contribution in [0.2, 0.25) is 0 Å². The molecule has 36 heavy (non-hydrogen) atoms. The molecular weight excluding hydrogens is 589 g/mol. The lowest BCUT2D eigenvalue weighted by atomic mass is 9.95. The largest absolute Gasteiger partial charge is 0.493 e. The second kappa shape index (κ2) is 11.6. The Hall–Kier alpha value is -2.72. The number of carbonyl (C=O) groups is 1. The minimum Gasteiger partial charge on any atom is -0.493 e. The highest BCUT2D eigenvalue weighted by Crippen LogP contribution is 2.50. The molecule has 1 aliphatic carbocycles. The quantitative estimate of drug-likeness (QED) is 0.205. The monoisotopic (exact) mass is 617 g/mol. The fourth-order valence-electron chi connectivity index (χ4n) is 4.60. The maximum absolute atomic E-state index is 13.3. The Morgan fingerprint density at radius 3 is 2.36 bits per heavy atom. The number of fused-ring (bicyclic) bond motifs is 3. The first kappa shape index (κ1) is 26.3. The van der Waals surface area contributed by atoms with Crippen LogP contribution >= 0.6 is 34.4 Å². The van der Waals surface area contributed by atoms with Crippen LogP contribution in [0.15, 0.2) is 58.2 Å². The van der Waals surface area contributed by atoms with Crippen molar-refractivity contribution in [3.63, 3.8) is 0 Å². The van der Waals surface area contributed by atoms with Gasteiger partial charge in [-0.1, -0.05) is 40.8 Å². The number of rotatable bonds is 7. The molecule has 0 fully saturated rings. The number of benzene rings is 2. The number of methoxy groups -OCH3 is 3. The Bertz CT molecular complexity index is 1340. The number of carbonyl (C=O) groups excluding carboxylic acids is 1. The summed E-state index contributed by atoms with van der Waals surface area (Å²) < 4.78 is 18.0. The first-order valence-corrected chi connectivity index (χ1v) is 14.2. The van der Waals surface area contributed by atoms with Crippen LogP contribution in [0.1, 0.15) is 39.5 Å². The SMILES string of the molecule is COc1cc2c(c(OC)c1OC)-c1ccc(SC)c(=O)cc1[C@@H](NC(=O)c1ccc(CI)cc1)CC2. The highest BCUT2D eigenvalue weighted by Gasteiger charge is 2.30. The van der Waals surface area contributed by atoms with Gasteiger partial charge in [0, 0.05) is 15.6 Å². The standard InChI is InChI=1S/C28H28INO5S/c1-33-23-13-18-9-11-21(30-28(32)17-7-5-16(15-29)6-8-17)20-14-22(31)24(36-4)12-10-19(20)25(18)27(35-3)26(23)34-2/h5-8,10,12-14,21H,9,11,15H2,1-4H3,(H,30,32)/t21-/m0/s1. The molecule has 3 aromatic carbocycles. The number of nitrogens with one attached hydrogen (secondary N) is 1. The van der Waals surface area contributed by atoms with Crippen LogP contribution in [0.25, 0.3) is 11.1 Å². The Morgan fingerprint density at radius 2 is 1.75 bits per heavy atom. The Morgan fingerprint density at radius 1 is 1.03 bits per heavy atom. The molecular formula is C28H28INO5S. The maximum Gasteiger partial charge on any atom is 0.251 e. The summed E-state index contributed by atoms with van der Waals surface area (Å²) in [5.74, 6) is 1.42. The van der Waals surface area contributed by atoms with E-state index in [9.17, 15) is 9.59 Å². The van der Waals surface area contributed by atoms with Gasteiger partial charge in [-0.05, 0) is 71.7 Å². The third-order valence-electron chi connectivity index (χ3n) is 6.40. The van der Waals surface area contributed by atoms with Crippen molar-refractivity contribution < 1.29 is 19.0 Å². The molecule has 8 heteroatoms. The number of alkyl halides is 1. The zero-order chi connectivity index (χ0) is 25.8. The third kappa shape index (κ3) is 5.06. The second-order valence-corrected chi connectivity index (χ2v) is 9.96. The number of hydrogen-bond acceptors (Lipinski definition) is 6. The highest BCUT2D eigenvalue weighted by molar-refractivity contribution is 14.1. The second-order valence-electron chi connectivity index (χ2n) is 8.35. The normalized spacial score (nSPS) is 14.2. The molecule has 0 aromatic heterocycles. The first-order valence-electron chi connectivity index (χ1n) is 11.5. The topological polar surface area (TPSA) is 73.9 Å². The summed E-state index contributed by atoms with van der Waals surface area (Å²) in [5, 5.41) is 3.19. The molecule has 1 N–H and O–H groups in total. The van der Waals surface area contributed by atoms with Gasteiger partial charge < -0.3 is 19.5 Å². The smallest absolute Gasteiger partial charge is 0.251 e. The zero-order valence-corrected chi connectivity index (χ0v) is 23.6. The minimum atomic E-state index is -0.374. The lowest BCUT2D eigenvalue weighted by Crippen LogP contribution is -2.29. The summed E-state index contributed by atoms with van der Waals surface area (Å²) in [5.41, 5.74) is 5.07. The first-order chi connectivity index (χ1) is 17.4. The predicted molar refractivity (Wildman–Crippen MR) is 152 cm³/mol.